The van der Waals surface area contributed by atoms with Gasteiger partial charge in [0, 0.05) is 18.2 Å². The highest BCUT2D eigenvalue weighted by atomic mass is 16.2. The highest BCUT2D eigenvalue weighted by Crippen LogP contribution is 2.22. The van der Waals surface area contributed by atoms with E-state index in [0.29, 0.717) is 12.0 Å². The van der Waals surface area contributed by atoms with Crippen molar-refractivity contribution in [1.82, 2.24) is 4.90 Å². The van der Waals surface area contributed by atoms with E-state index in [4.69, 9.17) is 0 Å². The molecule has 1 aliphatic heterocycles. The minimum absolute atomic E-state index is 0.197. The van der Waals surface area contributed by atoms with E-state index in [0.717, 1.165) is 18.5 Å². The monoisotopic (exact) mass is 217 g/mol. The largest absolute Gasteiger partial charge is 0.335 e. The zero-order valence-electron chi connectivity index (χ0n) is 10.2. The molecule has 2 nitrogen and oxygen atoms in total. The molecule has 0 N–H and O–H groups in total. The molecule has 1 heterocycles. The minimum Gasteiger partial charge on any atom is -0.335 e. The number of benzene rings is 1. The van der Waals surface area contributed by atoms with E-state index in [1.54, 1.807) is 0 Å². The normalized spacial score (nSPS) is 17.5. The minimum atomic E-state index is 0.197. The van der Waals surface area contributed by atoms with Gasteiger partial charge >= 0.3 is 0 Å². The summed E-state index contributed by atoms with van der Waals surface area (Å²) >= 11 is 0. The SMILES string of the molecule is CC(C)[C@H](C)N1CCc2ccccc2C1=O. The fourth-order valence-electron chi connectivity index (χ4n) is 2.19. The van der Waals surface area contributed by atoms with E-state index in [1.807, 2.05) is 23.1 Å². The summed E-state index contributed by atoms with van der Waals surface area (Å²) in [5, 5.41) is 0. The van der Waals surface area contributed by atoms with Crippen LogP contribution in [0.15, 0.2) is 24.3 Å². The molecule has 1 atom stereocenters. The number of amides is 1. The van der Waals surface area contributed by atoms with Crippen molar-refractivity contribution in [1.29, 1.82) is 0 Å². The van der Waals surface area contributed by atoms with Gasteiger partial charge in [-0.2, -0.15) is 0 Å². The number of fused-ring (bicyclic) bond motifs is 1. The Hall–Kier alpha value is -1.31. The van der Waals surface area contributed by atoms with E-state index >= 15 is 0 Å². The Bertz CT molecular complexity index is 397. The Kier molecular flexibility index (Phi) is 2.99. The lowest BCUT2D eigenvalue weighted by Gasteiger charge is -2.35. The molecule has 0 fully saturated rings. The molecular formula is C14H19NO. The molecule has 0 bridgehead atoms. The summed E-state index contributed by atoms with van der Waals surface area (Å²) in [5.41, 5.74) is 2.08. The number of hydrogen-bond acceptors (Lipinski definition) is 1. The molecule has 1 aromatic carbocycles. The van der Waals surface area contributed by atoms with Crippen molar-refractivity contribution >= 4 is 5.91 Å². The molecule has 1 amide bonds. The molecule has 0 unspecified atom stereocenters. The Balaban J connectivity index is 2.28. The predicted molar refractivity (Wildman–Crippen MR) is 65.5 cm³/mol. The quantitative estimate of drug-likeness (QED) is 0.746. The summed E-state index contributed by atoms with van der Waals surface area (Å²) < 4.78 is 0. The van der Waals surface area contributed by atoms with Crippen LogP contribution in [0, 0.1) is 5.92 Å². The Morgan fingerprint density at radius 2 is 1.88 bits per heavy atom. The van der Waals surface area contributed by atoms with Gasteiger partial charge in [0.2, 0.25) is 0 Å². The van der Waals surface area contributed by atoms with Gasteiger partial charge in [0.15, 0.2) is 0 Å². The van der Waals surface area contributed by atoms with Gasteiger partial charge in [-0.15, -0.1) is 0 Å². The molecular weight excluding hydrogens is 198 g/mol. The maximum atomic E-state index is 12.3. The third-order valence-corrected chi connectivity index (χ3v) is 3.59. The summed E-state index contributed by atoms with van der Waals surface area (Å²) in [6.45, 7) is 7.32. The topological polar surface area (TPSA) is 20.3 Å². The average molecular weight is 217 g/mol. The second-order valence-corrected chi connectivity index (χ2v) is 4.89. The summed E-state index contributed by atoms with van der Waals surface area (Å²) in [4.78, 5) is 14.3. The Labute approximate surface area is 97.3 Å². The molecule has 0 spiro atoms. The van der Waals surface area contributed by atoms with Crippen LogP contribution in [0.3, 0.4) is 0 Å². The summed E-state index contributed by atoms with van der Waals surface area (Å²) in [7, 11) is 0. The second kappa shape index (κ2) is 4.28. The fraction of sp³-hybridized carbons (Fsp3) is 0.500. The molecule has 1 aromatic rings. The predicted octanol–water partition coefficient (Wildman–Crippen LogP) is 2.73. The van der Waals surface area contributed by atoms with E-state index in [1.165, 1.54) is 5.56 Å². The third-order valence-electron chi connectivity index (χ3n) is 3.59. The van der Waals surface area contributed by atoms with Crippen molar-refractivity contribution < 1.29 is 4.79 Å². The van der Waals surface area contributed by atoms with Crippen LogP contribution in [0.4, 0.5) is 0 Å². The molecule has 2 rings (SSSR count). The lowest BCUT2D eigenvalue weighted by Crippen LogP contribution is -2.45. The highest BCUT2D eigenvalue weighted by molar-refractivity contribution is 5.96. The molecule has 2 heteroatoms. The Morgan fingerprint density at radius 3 is 2.56 bits per heavy atom. The van der Waals surface area contributed by atoms with Crippen molar-refractivity contribution in [3.05, 3.63) is 35.4 Å². The standard InChI is InChI=1S/C14H19NO/c1-10(2)11(3)15-9-8-12-6-4-5-7-13(12)14(15)16/h4-7,10-11H,8-9H2,1-3H3/t11-/m0/s1. The van der Waals surface area contributed by atoms with Crippen LogP contribution < -0.4 is 0 Å². The molecule has 86 valence electrons. The van der Waals surface area contributed by atoms with Gasteiger partial charge in [-0.25, -0.2) is 0 Å². The third kappa shape index (κ3) is 1.84. The summed E-state index contributed by atoms with van der Waals surface area (Å²) in [5.74, 6) is 0.706. The van der Waals surface area contributed by atoms with Gasteiger partial charge in [0.05, 0.1) is 0 Å². The first-order valence-electron chi connectivity index (χ1n) is 6.00. The molecule has 0 aromatic heterocycles. The van der Waals surface area contributed by atoms with Crippen molar-refractivity contribution in [2.75, 3.05) is 6.54 Å². The van der Waals surface area contributed by atoms with Crippen molar-refractivity contribution in [3.8, 4) is 0 Å². The maximum absolute atomic E-state index is 12.3. The lowest BCUT2D eigenvalue weighted by molar-refractivity contribution is 0.0628. The summed E-state index contributed by atoms with van der Waals surface area (Å²) in [6.07, 6.45) is 0.985. The van der Waals surface area contributed by atoms with E-state index in [-0.39, 0.29) is 5.91 Å². The highest BCUT2D eigenvalue weighted by Gasteiger charge is 2.28. The van der Waals surface area contributed by atoms with Crippen LogP contribution in [0.5, 0.6) is 0 Å². The first-order chi connectivity index (χ1) is 7.61. The first kappa shape index (κ1) is 11.2. The van der Waals surface area contributed by atoms with Crippen LogP contribution in [0.25, 0.3) is 0 Å². The summed E-state index contributed by atoms with van der Waals surface area (Å²) in [6, 6.07) is 8.27. The van der Waals surface area contributed by atoms with Gasteiger partial charge in [-0.05, 0) is 30.9 Å². The van der Waals surface area contributed by atoms with Gasteiger partial charge in [0.1, 0.15) is 0 Å². The van der Waals surface area contributed by atoms with E-state index in [9.17, 15) is 4.79 Å². The van der Waals surface area contributed by atoms with E-state index < -0.39 is 0 Å². The van der Waals surface area contributed by atoms with Crippen LogP contribution >= 0.6 is 0 Å². The molecule has 0 saturated carbocycles. The zero-order valence-corrected chi connectivity index (χ0v) is 10.2. The fourth-order valence-corrected chi connectivity index (χ4v) is 2.19. The van der Waals surface area contributed by atoms with Crippen LogP contribution in [-0.2, 0) is 6.42 Å². The van der Waals surface area contributed by atoms with Gasteiger partial charge in [-0.3, -0.25) is 4.79 Å². The van der Waals surface area contributed by atoms with Crippen LogP contribution in [0.1, 0.15) is 36.7 Å². The van der Waals surface area contributed by atoms with Crippen LogP contribution in [0.2, 0.25) is 0 Å². The molecule has 0 saturated heterocycles. The van der Waals surface area contributed by atoms with E-state index in [2.05, 4.69) is 26.8 Å². The molecule has 0 radical (unpaired) electrons. The molecule has 16 heavy (non-hydrogen) atoms. The smallest absolute Gasteiger partial charge is 0.254 e. The van der Waals surface area contributed by atoms with Crippen molar-refractivity contribution in [3.63, 3.8) is 0 Å². The van der Waals surface area contributed by atoms with Crippen LogP contribution in [-0.4, -0.2) is 23.4 Å². The maximum Gasteiger partial charge on any atom is 0.254 e. The number of hydrogen-bond donors (Lipinski definition) is 0. The van der Waals surface area contributed by atoms with Gasteiger partial charge in [0.25, 0.3) is 5.91 Å². The zero-order chi connectivity index (χ0) is 11.7. The number of rotatable bonds is 2. The average Bonchev–Trinajstić information content (AvgIpc) is 2.29. The number of nitrogens with zero attached hydrogens (tertiary/aromatic N) is 1. The number of carbonyl (C=O) groups excluding carboxylic acids is 1. The molecule has 0 aliphatic carbocycles. The Morgan fingerprint density at radius 1 is 1.19 bits per heavy atom. The van der Waals surface area contributed by atoms with Crippen molar-refractivity contribution in [2.24, 2.45) is 5.92 Å². The molecule has 1 aliphatic rings. The van der Waals surface area contributed by atoms with Gasteiger partial charge in [-0.1, -0.05) is 32.0 Å². The number of carbonyl (C=O) groups is 1. The first-order valence-corrected chi connectivity index (χ1v) is 6.00. The van der Waals surface area contributed by atoms with Crippen molar-refractivity contribution in [2.45, 2.75) is 33.2 Å². The second-order valence-electron chi connectivity index (χ2n) is 4.89. The lowest BCUT2D eigenvalue weighted by atomic mass is 9.95. The van der Waals surface area contributed by atoms with Gasteiger partial charge < -0.3 is 4.90 Å².